The smallest absolute Gasteiger partial charge is 0.408 e. The predicted molar refractivity (Wildman–Crippen MR) is 105 cm³/mol. The largest absolute Gasteiger partial charge is 0.467 e. The monoisotopic (exact) mass is 384 g/mol. The molecule has 2 aromatic carbocycles. The van der Waals surface area contributed by atoms with Gasteiger partial charge in [-0.15, -0.1) is 0 Å². The fourth-order valence-corrected chi connectivity index (χ4v) is 2.54. The zero-order valence-corrected chi connectivity index (χ0v) is 15.9. The molecule has 0 saturated carbocycles. The minimum Gasteiger partial charge on any atom is -0.467 e. The molecule has 0 aliphatic carbocycles. The van der Waals surface area contributed by atoms with Gasteiger partial charge in [0.15, 0.2) is 5.78 Å². The van der Waals surface area contributed by atoms with Gasteiger partial charge in [-0.3, -0.25) is 4.79 Å². The topological polar surface area (TPSA) is 93.7 Å². The Hall–Kier alpha value is -3.35. The highest BCUT2D eigenvalue weighted by Crippen LogP contribution is 2.13. The third kappa shape index (κ3) is 6.42. The average molecular weight is 384 g/mol. The number of esters is 1. The number of methoxy groups -OCH3 is 1. The molecular formula is C21H24N2O5. The molecule has 7 heteroatoms. The van der Waals surface area contributed by atoms with Gasteiger partial charge in [0, 0.05) is 24.7 Å². The van der Waals surface area contributed by atoms with Gasteiger partial charge in [0.1, 0.15) is 12.6 Å². The van der Waals surface area contributed by atoms with E-state index in [9.17, 15) is 14.4 Å². The molecule has 148 valence electrons. The van der Waals surface area contributed by atoms with Gasteiger partial charge in [-0.2, -0.15) is 0 Å². The molecule has 0 spiro atoms. The van der Waals surface area contributed by atoms with Crippen molar-refractivity contribution >= 4 is 23.5 Å². The summed E-state index contributed by atoms with van der Waals surface area (Å²) in [7, 11) is 3.02. The predicted octanol–water partition coefficient (Wildman–Crippen LogP) is 3.16. The second kappa shape index (κ2) is 10.7. The van der Waals surface area contributed by atoms with Gasteiger partial charge < -0.3 is 20.1 Å². The number of ether oxygens (including phenoxy) is 2. The number of hydrogen-bond acceptors (Lipinski definition) is 6. The van der Waals surface area contributed by atoms with Gasteiger partial charge in [-0.05, 0) is 36.2 Å². The van der Waals surface area contributed by atoms with Crippen molar-refractivity contribution in [3.05, 3.63) is 65.7 Å². The van der Waals surface area contributed by atoms with E-state index < -0.39 is 18.1 Å². The molecule has 0 heterocycles. The van der Waals surface area contributed by atoms with Crippen molar-refractivity contribution in [3.8, 4) is 0 Å². The number of ketones is 1. The summed E-state index contributed by atoms with van der Waals surface area (Å²) in [4.78, 5) is 36.3. The maximum Gasteiger partial charge on any atom is 0.408 e. The third-order valence-corrected chi connectivity index (χ3v) is 4.15. The summed E-state index contributed by atoms with van der Waals surface area (Å²) in [5, 5.41) is 5.44. The number of anilines is 1. The summed E-state index contributed by atoms with van der Waals surface area (Å²) < 4.78 is 9.84. The second-order valence-electron chi connectivity index (χ2n) is 6.07. The van der Waals surface area contributed by atoms with Crippen LogP contribution in [0.3, 0.4) is 0 Å². The van der Waals surface area contributed by atoms with Crippen LogP contribution in [0.15, 0.2) is 54.6 Å². The van der Waals surface area contributed by atoms with Gasteiger partial charge in [-0.25, -0.2) is 9.59 Å². The van der Waals surface area contributed by atoms with E-state index in [-0.39, 0.29) is 25.2 Å². The summed E-state index contributed by atoms with van der Waals surface area (Å²) in [5.41, 5.74) is 2.26. The molecule has 0 bridgehead atoms. The molecule has 0 fully saturated rings. The van der Waals surface area contributed by atoms with Gasteiger partial charge in [0.2, 0.25) is 0 Å². The van der Waals surface area contributed by atoms with Crippen molar-refractivity contribution in [1.29, 1.82) is 0 Å². The molecule has 0 radical (unpaired) electrons. The summed E-state index contributed by atoms with van der Waals surface area (Å²) in [6, 6.07) is 15.2. The molecule has 1 atom stereocenters. The minimum absolute atomic E-state index is 0.0807. The van der Waals surface area contributed by atoms with Crippen LogP contribution in [-0.2, 0) is 20.9 Å². The highest BCUT2D eigenvalue weighted by atomic mass is 16.6. The number of Topliss-reactive ketones (excluding diaryl/α,β-unsaturated/α-hetero) is 1. The normalized spacial score (nSPS) is 11.2. The number of benzene rings is 2. The highest BCUT2D eigenvalue weighted by Gasteiger charge is 2.23. The Kier molecular flexibility index (Phi) is 8.02. The number of carbonyl (C=O) groups excluding carboxylic acids is 3. The first-order chi connectivity index (χ1) is 13.5. The molecular weight excluding hydrogens is 360 g/mol. The molecule has 2 N–H and O–H groups in total. The molecule has 0 aromatic heterocycles. The zero-order chi connectivity index (χ0) is 20.4. The van der Waals surface area contributed by atoms with Crippen LogP contribution < -0.4 is 10.6 Å². The summed E-state index contributed by atoms with van der Waals surface area (Å²) in [5.74, 6) is -0.758. The van der Waals surface area contributed by atoms with Crippen LogP contribution in [0.5, 0.6) is 0 Å². The fraction of sp³-hybridized carbons (Fsp3) is 0.286. The van der Waals surface area contributed by atoms with Crippen LogP contribution >= 0.6 is 0 Å². The van der Waals surface area contributed by atoms with Crippen LogP contribution in [0, 0.1) is 0 Å². The van der Waals surface area contributed by atoms with E-state index in [0.29, 0.717) is 5.56 Å². The number of carbonyl (C=O) groups is 3. The van der Waals surface area contributed by atoms with Crippen molar-refractivity contribution in [1.82, 2.24) is 5.32 Å². The van der Waals surface area contributed by atoms with Crippen molar-refractivity contribution in [2.24, 2.45) is 0 Å². The van der Waals surface area contributed by atoms with E-state index in [2.05, 4.69) is 10.6 Å². The molecule has 1 amide bonds. The van der Waals surface area contributed by atoms with Crippen LogP contribution in [0.2, 0.25) is 0 Å². The molecule has 0 aliphatic heterocycles. The van der Waals surface area contributed by atoms with E-state index in [1.165, 1.54) is 7.11 Å². The maximum atomic E-state index is 12.3. The van der Waals surface area contributed by atoms with Gasteiger partial charge in [0.05, 0.1) is 7.11 Å². The molecule has 0 saturated heterocycles. The van der Waals surface area contributed by atoms with Gasteiger partial charge >= 0.3 is 12.1 Å². The van der Waals surface area contributed by atoms with Gasteiger partial charge in [0.25, 0.3) is 0 Å². The van der Waals surface area contributed by atoms with Crippen molar-refractivity contribution in [2.45, 2.75) is 25.5 Å². The Balaban J connectivity index is 1.88. The SMILES string of the molecule is CNc1ccc(C(=O)CCC(NC(=O)OCc2ccccc2)C(=O)OC)cc1. The average Bonchev–Trinajstić information content (AvgIpc) is 2.75. The van der Waals surface area contributed by atoms with Crippen LogP contribution in [-0.4, -0.2) is 38.0 Å². The standard InChI is InChI=1S/C21H24N2O5/c1-22-17-10-8-16(9-11-17)19(24)13-12-18(20(25)27-2)23-21(26)28-14-15-6-4-3-5-7-15/h3-11,18,22H,12-14H2,1-2H3,(H,23,26). The number of alkyl carbamates (subject to hydrolysis) is 1. The number of amides is 1. The lowest BCUT2D eigenvalue weighted by Crippen LogP contribution is -2.42. The highest BCUT2D eigenvalue weighted by molar-refractivity contribution is 5.96. The number of hydrogen-bond donors (Lipinski definition) is 2. The third-order valence-electron chi connectivity index (χ3n) is 4.15. The Labute approximate surface area is 164 Å². The molecule has 28 heavy (non-hydrogen) atoms. The molecule has 2 rings (SSSR count). The van der Waals surface area contributed by atoms with E-state index in [1.54, 1.807) is 31.3 Å². The van der Waals surface area contributed by atoms with Crippen LogP contribution in [0.25, 0.3) is 0 Å². The van der Waals surface area contributed by atoms with Gasteiger partial charge in [-0.1, -0.05) is 30.3 Å². The van der Waals surface area contributed by atoms with Crippen LogP contribution in [0.4, 0.5) is 10.5 Å². The number of rotatable bonds is 9. The van der Waals surface area contributed by atoms with E-state index in [4.69, 9.17) is 9.47 Å². The Morgan fingerprint density at radius 3 is 2.29 bits per heavy atom. The quantitative estimate of drug-likeness (QED) is 0.510. The first kappa shape index (κ1) is 21.0. The number of nitrogens with one attached hydrogen (secondary N) is 2. The van der Waals surface area contributed by atoms with E-state index in [1.807, 2.05) is 30.3 Å². The second-order valence-corrected chi connectivity index (χ2v) is 6.07. The summed E-state index contributed by atoms with van der Waals surface area (Å²) in [6.45, 7) is 0.0807. The minimum atomic E-state index is -0.964. The maximum absolute atomic E-state index is 12.3. The first-order valence-corrected chi connectivity index (χ1v) is 8.89. The van der Waals surface area contributed by atoms with Crippen LogP contribution in [0.1, 0.15) is 28.8 Å². The zero-order valence-electron chi connectivity index (χ0n) is 15.9. The summed E-state index contributed by atoms with van der Waals surface area (Å²) >= 11 is 0. The Bertz CT molecular complexity index is 790. The Morgan fingerprint density at radius 1 is 1.00 bits per heavy atom. The molecule has 7 nitrogen and oxygen atoms in total. The lowest BCUT2D eigenvalue weighted by Gasteiger charge is -2.16. The molecule has 1 unspecified atom stereocenters. The van der Waals surface area contributed by atoms with E-state index in [0.717, 1.165) is 11.3 Å². The first-order valence-electron chi connectivity index (χ1n) is 8.89. The molecule has 2 aromatic rings. The fourth-order valence-electron chi connectivity index (χ4n) is 2.54. The van der Waals surface area contributed by atoms with Crippen molar-refractivity contribution in [3.63, 3.8) is 0 Å². The lowest BCUT2D eigenvalue weighted by atomic mass is 10.0. The lowest BCUT2D eigenvalue weighted by molar-refractivity contribution is -0.143. The summed E-state index contributed by atoms with van der Waals surface area (Å²) in [6.07, 6.45) is -0.553. The van der Waals surface area contributed by atoms with Crippen molar-refractivity contribution in [2.75, 3.05) is 19.5 Å². The molecule has 0 aliphatic rings. The van der Waals surface area contributed by atoms with E-state index >= 15 is 0 Å². The Morgan fingerprint density at radius 2 is 1.68 bits per heavy atom. The van der Waals surface area contributed by atoms with Crippen molar-refractivity contribution < 1.29 is 23.9 Å².